The van der Waals surface area contributed by atoms with Gasteiger partial charge in [-0.3, -0.25) is 0 Å². The molecule has 0 spiro atoms. The molecule has 120 valence electrons. The molecule has 1 rings (SSSR count). The molecular weight excluding hydrogens is 290 g/mol. The first kappa shape index (κ1) is 17.8. The van der Waals surface area contributed by atoms with Crippen molar-refractivity contribution in [1.82, 2.24) is 15.3 Å². The molecule has 0 aromatic carbocycles. The van der Waals surface area contributed by atoms with Gasteiger partial charge in [0, 0.05) is 30.0 Å². The van der Waals surface area contributed by atoms with Crippen molar-refractivity contribution in [3.63, 3.8) is 0 Å². The topological polar surface area (TPSA) is 47.0 Å². The summed E-state index contributed by atoms with van der Waals surface area (Å²) in [7, 11) is 0. The van der Waals surface area contributed by atoms with E-state index in [0.29, 0.717) is 6.54 Å². The minimum atomic E-state index is -4.16. The second-order valence-corrected chi connectivity index (χ2v) is 5.67. The molecule has 0 saturated heterocycles. The highest BCUT2D eigenvalue weighted by Crippen LogP contribution is 2.23. The number of nitrogens with one attached hydrogen (secondary N) is 1. The molecule has 21 heavy (non-hydrogen) atoms. The SMILES string of the molecule is CC(C)(C)NCc1cnc(COCC(F)(F)C(F)F)nc1. The van der Waals surface area contributed by atoms with Crippen LogP contribution in [0.25, 0.3) is 0 Å². The van der Waals surface area contributed by atoms with Gasteiger partial charge in [0.15, 0.2) is 5.82 Å². The summed E-state index contributed by atoms with van der Waals surface area (Å²) in [6.07, 6.45) is -0.671. The molecule has 1 N–H and O–H groups in total. The van der Waals surface area contributed by atoms with Crippen molar-refractivity contribution < 1.29 is 22.3 Å². The maximum atomic E-state index is 12.6. The van der Waals surface area contributed by atoms with E-state index in [-0.39, 0.29) is 18.0 Å². The normalized spacial score (nSPS) is 13.0. The van der Waals surface area contributed by atoms with Crippen molar-refractivity contribution in [3.05, 3.63) is 23.8 Å². The molecule has 0 radical (unpaired) electrons. The van der Waals surface area contributed by atoms with E-state index in [4.69, 9.17) is 0 Å². The van der Waals surface area contributed by atoms with Crippen LogP contribution in [0.3, 0.4) is 0 Å². The van der Waals surface area contributed by atoms with Gasteiger partial charge in [0.1, 0.15) is 13.2 Å². The van der Waals surface area contributed by atoms with Crippen molar-refractivity contribution >= 4 is 0 Å². The van der Waals surface area contributed by atoms with Crippen LogP contribution < -0.4 is 5.32 Å². The van der Waals surface area contributed by atoms with Gasteiger partial charge >= 0.3 is 12.3 Å². The van der Waals surface area contributed by atoms with Gasteiger partial charge in [0.25, 0.3) is 0 Å². The lowest BCUT2D eigenvalue weighted by Gasteiger charge is -2.20. The predicted molar refractivity (Wildman–Crippen MR) is 69.2 cm³/mol. The first-order chi connectivity index (χ1) is 9.60. The third-order valence-corrected chi connectivity index (χ3v) is 2.43. The molecule has 0 bridgehead atoms. The van der Waals surface area contributed by atoms with Crippen LogP contribution in [0, 0.1) is 0 Å². The number of nitrogens with zero attached hydrogens (tertiary/aromatic N) is 2. The Hall–Kier alpha value is -1.28. The summed E-state index contributed by atoms with van der Waals surface area (Å²) in [6, 6.07) is 0. The molecule has 0 aliphatic rings. The lowest BCUT2D eigenvalue weighted by molar-refractivity contribution is -0.168. The zero-order valence-electron chi connectivity index (χ0n) is 12.2. The minimum Gasteiger partial charge on any atom is -0.367 e. The van der Waals surface area contributed by atoms with Gasteiger partial charge in [-0.2, -0.15) is 8.78 Å². The highest BCUT2D eigenvalue weighted by atomic mass is 19.3. The Labute approximate surface area is 120 Å². The van der Waals surface area contributed by atoms with Gasteiger partial charge < -0.3 is 10.1 Å². The molecule has 0 amide bonds. The Morgan fingerprint density at radius 1 is 1.19 bits per heavy atom. The van der Waals surface area contributed by atoms with Crippen molar-refractivity contribution in [1.29, 1.82) is 0 Å². The van der Waals surface area contributed by atoms with Crippen LogP contribution in [0.4, 0.5) is 17.6 Å². The fourth-order valence-electron chi connectivity index (χ4n) is 1.26. The maximum Gasteiger partial charge on any atom is 0.330 e. The number of rotatable bonds is 7. The molecule has 0 saturated carbocycles. The van der Waals surface area contributed by atoms with E-state index in [1.54, 1.807) is 0 Å². The smallest absolute Gasteiger partial charge is 0.330 e. The lowest BCUT2D eigenvalue weighted by atomic mass is 10.1. The van der Waals surface area contributed by atoms with E-state index in [9.17, 15) is 17.6 Å². The van der Waals surface area contributed by atoms with Gasteiger partial charge in [0.2, 0.25) is 0 Å². The van der Waals surface area contributed by atoms with Crippen LogP contribution in [-0.2, 0) is 17.9 Å². The molecule has 1 heterocycles. The number of ether oxygens (including phenoxy) is 1. The fraction of sp³-hybridized carbons (Fsp3) is 0.692. The molecular formula is C13H19F4N3O. The Morgan fingerprint density at radius 3 is 2.24 bits per heavy atom. The zero-order valence-corrected chi connectivity index (χ0v) is 12.2. The third kappa shape index (κ3) is 6.81. The van der Waals surface area contributed by atoms with Gasteiger partial charge in [-0.1, -0.05) is 0 Å². The summed E-state index contributed by atoms with van der Waals surface area (Å²) in [6.45, 7) is 4.91. The summed E-state index contributed by atoms with van der Waals surface area (Å²) in [5.74, 6) is -3.99. The van der Waals surface area contributed by atoms with E-state index >= 15 is 0 Å². The third-order valence-electron chi connectivity index (χ3n) is 2.43. The zero-order chi connectivity index (χ0) is 16.1. The molecule has 0 aliphatic heterocycles. The average molecular weight is 309 g/mol. The van der Waals surface area contributed by atoms with Gasteiger partial charge in [-0.25, -0.2) is 18.7 Å². The lowest BCUT2D eigenvalue weighted by Crippen LogP contribution is -2.35. The number of hydrogen-bond acceptors (Lipinski definition) is 4. The first-order valence-corrected chi connectivity index (χ1v) is 6.39. The van der Waals surface area contributed by atoms with E-state index in [1.165, 1.54) is 12.4 Å². The quantitative estimate of drug-likeness (QED) is 0.787. The van der Waals surface area contributed by atoms with Gasteiger partial charge in [-0.05, 0) is 20.8 Å². The van der Waals surface area contributed by atoms with Crippen LogP contribution in [0.5, 0.6) is 0 Å². The molecule has 4 nitrogen and oxygen atoms in total. The second-order valence-electron chi connectivity index (χ2n) is 5.67. The molecule has 0 unspecified atom stereocenters. The predicted octanol–water partition coefficient (Wildman–Crippen LogP) is 2.78. The number of aromatic nitrogens is 2. The van der Waals surface area contributed by atoms with E-state index in [2.05, 4.69) is 20.0 Å². The standard InChI is InChI=1S/C13H19F4N3O/c1-12(2,3)20-6-9-4-18-10(19-5-9)7-21-8-13(16,17)11(14)15/h4-5,11,20H,6-8H2,1-3H3. The molecule has 0 atom stereocenters. The highest BCUT2D eigenvalue weighted by molar-refractivity contribution is 5.05. The van der Waals surface area contributed by atoms with E-state index in [1.807, 2.05) is 20.8 Å². The number of halogens is 4. The van der Waals surface area contributed by atoms with Crippen molar-refractivity contribution in [2.75, 3.05) is 6.61 Å². The van der Waals surface area contributed by atoms with Crippen molar-refractivity contribution in [2.45, 2.75) is 51.8 Å². The van der Waals surface area contributed by atoms with Crippen LogP contribution >= 0.6 is 0 Å². The average Bonchev–Trinajstić information content (AvgIpc) is 2.36. The molecule has 0 fully saturated rings. The Morgan fingerprint density at radius 2 is 1.76 bits per heavy atom. The van der Waals surface area contributed by atoms with Crippen molar-refractivity contribution in [2.24, 2.45) is 0 Å². The summed E-state index contributed by atoms with van der Waals surface area (Å²) in [5.41, 5.74) is 0.773. The Kier molecular flexibility index (Phi) is 6.03. The minimum absolute atomic E-state index is 0.0529. The fourth-order valence-corrected chi connectivity index (χ4v) is 1.26. The molecule has 1 aromatic heterocycles. The van der Waals surface area contributed by atoms with Gasteiger partial charge in [0.05, 0.1) is 0 Å². The number of alkyl halides is 4. The summed E-state index contributed by atoms with van der Waals surface area (Å²) in [4.78, 5) is 7.87. The largest absolute Gasteiger partial charge is 0.367 e. The van der Waals surface area contributed by atoms with Gasteiger partial charge in [-0.15, -0.1) is 0 Å². The van der Waals surface area contributed by atoms with Crippen LogP contribution in [0.15, 0.2) is 12.4 Å². The summed E-state index contributed by atoms with van der Waals surface area (Å²) >= 11 is 0. The summed E-state index contributed by atoms with van der Waals surface area (Å²) in [5, 5.41) is 3.24. The maximum absolute atomic E-state index is 12.6. The summed E-state index contributed by atoms with van der Waals surface area (Å²) < 4.78 is 53.5. The first-order valence-electron chi connectivity index (χ1n) is 6.39. The molecule has 1 aromatic rings. The van der Waals surface area contributed by atoms with E-state index < -0.39 is 19.0 Å². The van der Waals surface area contributed by atoms with Crippen LogP contribution in [0.1, 0.15) is 32.2 Å². The highest BCUT2D eigenvalue weighted by Gasteiger charge is 2.40. The van der Waals surface area contributed by atoms with E-state index in [0.717, 1.165) is 5.56 Å². The number of hydrogen-bond donors (Lipinski definition) is 1. The van der Waals surface area contributed by atoms with Crippen LogP contribution in [-0.4, -0.2) is 34.5 Å². The van der Waals surface area contributed by atoms with Crippen molar-refractivity contribution in [3.8, 4) is 0 Å². The monoisotopic (exact) mass is 309 g/mol. The Bertz CT molecular complexity index is 432. The second kappa shape index (κ2) is 7.13. The molecule has 8 heteroatoms. The molecule has 0 aliphatic carbocycles. The Balaban J connectivity index is 2.41. The van der Waals surface area contributed by atoms with Crippen LogP contribution in [0.2, 0.25) is 0 Å².